The maximum absolute atomic E-state index is 11.9. The number of nitrogens with one attached hydrogen (secondary N) is 1. The predicted molar refractivity (Wildman–Crippen MR) is 65.5 cm³/mol. The fraction of sp³-hybridized carbons (Fsp3) is 0.667. The number of nitrogens with two attached hydrogens (primary N) is 1. The van der Waals surface area contributed by atoms with E-state index in [1.807, 2.05) is 0 Å². The summed E-state index contributed by atoms with van der Waals surface area (Å²) in [5.74, 6) is -0.0576. The normalized spacial score (nSPS) is 18.2. The van der Waals surface area contributed by atoms with Crippen molar-refractivity contribution < 1.29 is 4.79 Å². The number of hydrogen-bond donors (Lipinski definition) is 2. The molecular weight excluding hydrogens is 216 g/mol. The second kappa shape index (κ2) is 4.87. The van der Waals surface area contributed by atoms with Crippen LogP contribution in [0, 0.1) is 5.41 Å². The molecule has 1 fully saturated rings. The van der Waals surface area contributed by atoms with E-state index in [4.69, 9.17) is 5.73 Å². The molecule has 0 saturated heterocycles. The third-order valence-electron chi connectivity index (χ3n) is 3.69. The van der Waals surface area contributed by atoms with Crippen molar-refractivity contribution in [1.29, 1.82) is 0 Å². The molecule has 1 amide bonds. The lowest BCUT2D eigenvalue weighted by atomic mass is 9.86. The van der Waals surface area contributed by atoms with Gasteiger partial charge in [0.1, 0.15) is 0 Å². The highest BCUT2D eigenvalue weighted by atomic mass is 16.1. The van der Waals surface area contributed by atoms with E-state index in [0.717, 1.165) is 12.8 Å². The van der Waals surface area contributed by atoms with Gasteiger partial charge in [-0.1, -0.05) is 12.8 Å². The van der Waals surface area contributed by atoms with Gasteiger partial charge in [-0.3, -0.25) is 9.48 Å². The molecule has 1 aliphatic carbocycles. The van der Waals surface area contributed by atoms with Gasteiger partial charge < -0.3 is 11.1 Å². The van der Waals surface area contributed by atoms with Crippen LogP contribution in [-0.2, 0) is 7.05 Å². The van der Waals surface area contributed by atoms with Gasteiger partial charge in [-0.25, -0.2) is 0 Å². The Balaban J connectivity index is 1.91. The van der Waals surface area contributed by atoms with Crippen molar-refractivity contribution in [2.24, 2.45) is 18.2 Å². The summed E-state index contributed by atoms with van der Waals surface area (Å²) in [7, 11) is 1.80. The zero-order chi connectivity index (χ0) is 12.3. The number of aromatic nitrogens is 2. The summed E-state index contributed by atoms with van der Waals surface area (Å²) in [6.45, 7) is 1.33. The zero-order valence-electron chi connectivity index (χ0n) is 10.3. The summed E-state index contributed by atoms with van der Waals surface area (Å²) >= 11 is 0. The Bertz CT molecular complexity index is 393. The summed E-state index contributed by atoms with van der Waals surface area (Å²) in [5, 5.41) is 6.96. The van der Waals surface area contributed by atoms with E-state index in [0.29, 0.717) is 18.7 Å². The summed E-state index contributed by atoms with van der Waals surface area (Å²) in [6.07, 6.45) is 7.99. The van der Waals surface area contributed by atoms with Crippen molar-refractivity contribution in [3.8, 4) is 0 Å². The molecule has 5 heteroatoms. The molecule has 3 N–H and O–H groups in total. The van der Waals surface area contributed by atoms with Crippen molar-refractivity contribution >= 4 is 5.91 Å². The van der Waals surface area contributed by atoms with Gasteiger partial charge in [-0.2, -0.15) is 5.10 Å². The Morgan fingerprint density at radius 3 is 2.82 bits per heavy atom. The molecule has 94 valence electrons. The van der Waals surface area contributed by atoms with Gasteiger partial charge in [-0.15, -0.1) is 0 Å². The first kappa shape index (κ1) is 12.1. The average molecular weight is 236 g/mol. The number of hydrogen-bond acceptors (Lipinski definition) is 3. The van der Waals surface area contributed by atoms with Crippen LogP contribution in [0.3, 0.4) is 0 Å². The van der Waals surface area contributed by atoms with Crippen LogP contribution < -0.4 is 11.1 Å². The van der Waals surface area contributed by atoms with Crippen LogP contribution in [0.1, 0.15) is 36.0 Å². The molecule has 0 bridgehead atoms. The quantitative estimate of drug-likeness (QED) is 0.807. The highest BCUT2D eigenvalue weighted by Crippen LogP contribution is 2.36. The summed E-state index contributed by atoms with van der Waals surface area (Å²) < 4.78 is 1.63. The highest BCUT2D eigenvalue weighted by molar-refractivity contribution is 5.93. The van der Waals surface area contributed by atoms with E-state index in [1.54, 1.807) is 24.1 Å². The SMILES string of the molecule is Cn1cc(C(=O)NCC2(CN)CCCC2)cn1. The molecule has 1 aromatic rings. The molecule has 0 aliphatic heterocycles. The topological polar surface area (TPSA) is 72.9 Å². The number of amides is 1. The van der Waals surface area contributed by atoms with Gasteiger partial charge >= 0.3 is 0 Å². The lowest BCUT2D eigenvalue weighted by molar-refractivity contribution is 0.0932. The highest BCUT2D eigenvalue weighted by Gasteiger charge is 2.32. The molecule has 0 atom stereocenters. The largest absolute Gasteiger partial charge is 0.351 e. The smallest absolute Gasteiger partial charge is 0.254 e. The standard InChI is InChI=1S/C12H20N4O/c1-16-7-10(6-15-16)11(17)14-9-12(8-13)4-2-3-5-12/h6-7H,2-5,8-9,13H2,1H3,(H,14,17). The Morgan fingerprint density at radius 1 is 1.59 bits per heavy atom. The van der Waals surface area contributed by atoms with Crippen molar-refractivity contribution in [3.63, 3.8) is 0 Å². The van der Waals surface area contributed by atoms with E-state index in [9.17, 15) is 4.79 Å². The fourth-order valence-corrected chi connectivity index (χ4v) is 2.49. The van der Waals surface area contributed by atoms with Crippen molar-refractivity contribution in [1.82, 2.24) is 15.1 Å². The van der Waals surface area contributed by atoms with Gasteiger partial charge in [0, 0.05) is 19.8 Å². The molecule has 2 rings (SSSR count). The lowest BCUT2D eigenvalue weighted by Crippen LogP contribution is -2.40. The minimum absolute atomic E-state index is 0.0576. The van der Waals surface area contributed by atoms with Crippen LogP contribution in [0.4, 0.5) is 0 Å². The van der Waals surface area contributed by atoms with Crippen LogP contribution in [0.5, 0.6) is 0 Å². The van der Waals surface area contributed by atoms with Gasteiger partial charge in [0.25, 0.3) is 5.91 Å². The first-order chi connectivity index (χ1) is 8.15. The Kier molecular flexibility index (Phi) is 3.47. The molecule has 1 heterocycles. The zero-order valence-corrected chi connectivity index (χ0v) is 10.3. The second-order valence-electron chi connectivity index (χ2n) is 5.00. The van der Waals surface area contributed by atoms with Gasteiger partial charge in [0.15, 0.2) is 0 Å². The van der Waals surface area contributed by atoms with E-state index < -0.39 is 0 Å². The molecule has 0 unspecified atom stereocenters. The molecule has 0 spiro atoms. The Morgan fingerprint density at radius 2 is 2.29 bits per heavy atom. The summed E-state index contributed by atoms with van der Waals surface area (Å²) in [6, 6.07) is 0. The molecule has 1 aliphatic rings. The van der Waals surface area contributed by atoms with E-state index >= 15 is 0 Å². The van der Waals surface area contributed by atoms with E-state index in [1.165, 1.54) is 12.8 Å². The van der Waals surface area contributed by atoms with E-state index in [-0.39, 0.29) is 11.3 Å². The number of nitrogens with zero attached hydrogens (tertiary/aromatic N) is 2. The Hall–Kier alpha value is -1.36. The van der Waals surface area contributed by atoms with Crippen LogP contribution in [0.25, 0.3) is 0 Å². The molecule has 1 saturated carbocycles. The molecule has 5 nitrogen and oxygen atoms in total. The number of carbonyl (C=O) groups excluding carboxylic acids is 1. The summed E-state index contributed by atoms with van der Waals surface area (Å²) in [5.41, 5.74) is 6.56. The maximum Gasteiger partial charge on any atom is 0.254 e. The predicted octanol–water partition coefficient (Wildman–Crippen LogP) is 0.669. The molecule has 0 radical (unpaired) electrons. The van der Waals surface area contributed by atoms with Crippen molar-refractivity contribution in [2.75, 3.05) is 13.1 Å². The fourth-order valence-electron chi connectivity index (χ4n) is 2.49. The molecule has 17 heavy (non-hydrogen) atoms. The molecule has 1 aromatic heterocycles. The average Bonchev–Trinajstić information content (AvgIpc) is 2.95. The van der Waals surface area contributed by atoms with Crippen molar-refractivity contribution in [2.45, 2.75) is 25.7 Å². The van der Waals surface area contributed by atoms with E-state index in [2.05, 4.69) is 10.4 Å². The van der Waals surface area contributed by atoms with Crippen LogP contribution in [-0.4, -0.2) is 28.8 Å². The van der Waals surface area contributed by atoms with Crippen molar-refractivity contribution in [3.05, 3.63) is 18.0 Å². The van der Waals surface area contributed by atoms with Crippen LogP contribution in [0.2, 0.25) is 0 Å². The number of rotatable bonds is 4. The van der Waals surface area contributed by atoms with Gasteiger partial charge in [-0.05, 0) is 24.8 Å². The van der Waals surface area contributed by atoms with Crippen LogP contribution >= 0.6 is 0 Å². The minimum Gasteiger partial charge on any atom is -0.351 e. The number of aryl methyl sites for hydroxylation is 1. The first-order valence-electron chi connectivity index (χ1n) is 6.12. The second-order valence-corrected chi connectivity index (χ2v) is 5.00. The number of carbonyl (C=O) groups is 1. The molecule has 0 aromatic carbocycles. The minimum atomic E-state index is -0.0576. The first-order valence-corrected chi connectivity index (χ1v) is 6.12. The van der Waals surface area contributed by atoms with Gasteiger partial charge in [0.2, 0.25) is 0 Å². The molecular formula is C12H20N4O. The van der Waals surface area contributed by atoms with Gasteiger partial charge in [0.05, 0.1) is 11.8 Å². The third-order valence-corrected chi connectivity index (χ3v) is 3.69. The summed E-state index contributed by atoms with van der Waals surface area (Å²) in [4.78, 5) is 11.9. The van der Waals surface area contributed by atoms with Crippen LogP contribution in [0.15, 0.2) is 12.4 Å². The Labute approximate surface area is 101 Å². The monoisotopic (exact) mass is 236 g/mol. The lowest BCUT2D eigenvalue weighted by Gasteiger charge is -2.27. The third kappa shape index (κ3) is 2.66. The maximum atomic E-state index is 11.9.